The zero-order chi connectivity index (χ0) is 32.9. The largest absolute Gasteiger partial charge is 0.494 e. The Morgan fingerprint density at radius 3 is 2.29 bits per heavy atom. The Morgan fingerprint density at radius 1 is 1.00 bits per heavy atom. The van der Waals surface area contributed by atoms with E-state index in [2.05, 4.69) is 46.8 Å². The molecule has 0 saturated carbocycles. The first kappa shape index (κ1) is 33.6. The molecule has 45 heavy (non-hydrogen) atoms. The minimum Gasteiger partial charge on any atom is -0.494 e. The van der Waals surface area contributed by atoms with Crippen LogP contribution in [0.2, 0.25) is 0 Å². The van der Waals surface area contributed by atoms with E-state index in [-0.39, 0.29) is 40.9 Å². The van der Waals surface area contributed by atoms with Gasteiger partial charge in [-0.2, -0.15) is 0 Å². The molecule has 0 bridgehead atoms. The van der Waals surface area contributed by atoms with Crippen molar-refractivity contribution in [3.8, 4) is 5.75 Å². The third-order valence-corrected chi connectivity index (χ3v) is 11.8. The number of carbonyl (C=O) groups excluding carboxylic acids is 3. The number of aliphatic hydroxyl groups is 1. The second-order valence-electron chi connectivity index (χ2n) is 14.9. The van der Waals surface area contributed by atoms with Gasteiger partial charge in [-0.1, -0.05) is 65.3 Å². The summed E-state index contributed by atoms with van der Waals surface area (Å²) >= 11 is 1.58. The van der Waals surface area contributed by atoms with Crippen LogP contribution in [0.25, 0.3) is 0 Å². The highest BCUT2D eigenvalue weighted by molar-refractivity contribution is 8.02. The summed E-state index contributed by atoms with van der Waals surface area (Å²) in [6, 6.07) is 6.14. The molecule has 7 atom stereocenters. The summed E-state index contributed by atoms with van der Waals surface area (Å²) in [7, 11) is 0. The number of nitrogens with zero attached hydrogens (tertiary/aromatic N) is 3. The van der Waals surface area contributed by atoms with Crippen molar-refractivity contribution in [3.05, 3.63) is 48.6 Å². The van der Waals surface area contributed by atoms with Crippen LogP contribution >= 0.6 is 11.8 Å². The van der Waals surface area contributed by atoms with Crippen molar-refractivity contribution >= 4 is 35.2 Å². The molecule has 8 nitrogen and oxygen atoms in total. The number of amides is 3. The van der Waals surface area contributed by atoms with Crippen molar-refractivity contribution in [3.63, 3.8) is 0 Å². The Bertz CT molecular complexity index is 1350. The van der Waals surface area contributed by atoms with Gasteiger partial charge in [-0.3, -0.25) is 14.4 Å². The van der Waals surface area contributed by atoms with E-state index in [0.29, 0.717) is 19.7 Å². The normalized spacial score (nSPS) is 29.7. The van der Waals surface area contributed by atoms with Crippen LogP contribution in [0.3, 0.4) is 0 Å². The lowest BCUT2D eigenvalue weighted by molar-refractivity contribution is -0.150. The van der Waals surface area contributed by atoms with Crippen molar-refractivity contribution < 1.29 is 24.2 Å². The molecule has 2 saturated heterocycles. The zero-order valence-corrected chi connectivity index (χ0v) is 29.0. The molecule has 1 unspecified atom stereocenters. The molecule has 0 aliphatic carbocycles. The smallest absolute Gasteiger partial charge is 0.247 e. The lowest BCUT2D eigenvalue weighted by atomic mass is 9.77. The molecular formula is C36H51N3O5S. The van der Waals surface area contributed by atoms with Crippen molar-refractivity contribution in [2.24, 2.45) is 23.2 Å². The Morgan fingerprint density at radius 2 is 1.69 bits per heavy atom. The summed E-state index contributed by atoms with van der Waals surface area (Å²) in [4.78, 5) is 49.8. The van der Waals surface area contributed by atoms with E-state index in [4.69, 9.17) is 4.74 Å². The fourth-order valence-electron chi connectivity index (χ4n) is 8.31. The number of ether oxygens (including phenoxy) is 1. The van der Waals surface area contributed by atoms with Gasteiger partial charge >= 0.3 is 0 Å². The van der Waals surface area contributed by atoms with E-state index in [9.17, 15) is 19.5 Å². The predicted molar refractivity (Wildman–Crippen MR) is 180 cm³/mol. The van der Waals surface area contributed by atoms with Gasteiger partial charge in [-0.05, 0) is 62.8 Å². The fraction of sp³-hybridized carbons (Fsp3) is 0.639. The number of rotatable bonds is 9. The van der Waals surface area contributed by atoms with Crippen LogP contribution < -0.4 is 9.64 Å². The topological polar surface area (TPSA) is 90.4 Å². The third-order valence-electron chi connectivity index (χ3n) is 10.1. The number of likely N-dealkylation sites (tertiary alicyclic amines) is 1. The Labute approximate surface area is 273 Å². The molecule has 0 radical (unpaired) electrons. The summed E-state index contributed by atoms with van der Waals surface area (Å²) in [5, 5.41) is 10.5. The molecule has 4 heterocycles. The van der Waals surface area contributed by atoms with Crippen LogP contribution in [0.1, 0.15) is 68.2 Å². The summed E-state index contributed by atoms with van der Waals surface area (Å²) in [6.07, 6.45) is 9.71. The Hall–Kier alpha value is -2.78. The highest BCUT2D eigenvalue weighted by atomic mass is 32.2. The van der Waals surface area contributed by atoms with Crippen LogP contribution in [0.15, 0.2) is 48.6 Å². The lowest BCUT2D eigenvalue weighted by Crippen LogP contribution is -2.61. The number of carbonyl (C=O) groups is 3. The molecule has 9 heteroatoms. The van der Waals surface area contributed by atoms with Gasteiger partial charge in [0.2, 0.25) is 17.7 Å². The van der Waals surface area contributed by atoms with Crippen LogP contribution in [0, 0.1) is 23.2 Å². The summed E-state index contributed by atoms with van der Waals surface area (Å²) in [5.74, 6) is -1.10. The molecular weight excluding hydrogens is 586 g/mol. The molecule has 4 aliphatic rings. The maximum absolute atomic E-state index is 15.0. The minimum absolute atomic E-state index is 0.0214. The van der Waals surface area contributed by atoms with E-state index in [1.54, 1.807) is 21.6 Å². The Balaban J connectivity index is 1.60. The van der Waals surface area contributed by atoms with E-state index in [0.717, 1.165) is 24.3 Å². The molecule has 246 valence electrons. The predicted octanol–water partition coefficient (Wildman–Crippen LogP) is 5.31. The first-order valence-electron chi connectivity index (χ1n) is 16.5. The number of fused-ring (bicyclic) bond motifs is 2. The van der Waals surface area contributed by atoms with Crippen molar-refractivity contribution in [1.82, 2.24) is 9.80 Å². The van der Waals surface area contributed by atoms with E-state index >= 15 is 0 Å². The average molecular weight is 638 g/mol. The van der Waals surface area contributed by atoms with Crippen molar-refractivity contribution in [2.45, 2.75) is 95.9 Å². The molecule has 2 fully saturated rings. The molecule has 4 aliphatic heterocycles. The van der Waals surface area contributed by atoms with Gasteiger partial charge in [0.1, 0.15) is 11.8 Å². The van der Waals surface area contributed by atoms with Gasteiger partial charge in [0.05, 0.1) is 35.8 Å². The van der Waals surface area contributed by atoms with Crippen LogP contribution in [0.5, 0.6) is 5.75 Å². The SMILES string of the molecule is CCOc1ccc(N2CC=C[C@@H]3S[C@]45C=CCN(C(C)(C)CC(C)(C)C)C(=O)C4N([C@@H](CO)[C@@H](C)CC)C(=O)[C@@H]5[C@@H]3C2=O)cc1. The number of aliphatic hydroxyl groups excluding tert-OH is 1. The summed E-state index contributed by atoms with van der Waals surface area (Å²) in [5.41, 5.74) is 0.248. The average Bonchev–Trinajstić information content (AvgIpc) is 3.27. The summed E-state index contributed by atoms with van der Waals surface area (Å²) in [6.45, 7) is 17.9. The number of thioether (sulfide) groups is 1. The second kappa shape index (κ2) is 12.4. The standard InChI is InChI=1S/C36H51N3O5S/c1-9-23(3)26(21-40)39-30-33(43)38(35(7,8)22-34(4,5)6)20-12-18-36(30)29(32(39)42)28-27(45-36)13-11-19-37(31(28)41)24-14-16-25(17-15-24)44-10-2/h11-18,23,26-30,40H,9-10,19-22H2,1-8H3/t23-,26-,27-,28+,29-,30?,36-/m0/s1. The monoisotopic (exact) mass is 637 g/mol. The van der Waals surface area contributed by atoms with E-state index < -0.39 is 34.2 Å². The highest BCUT2D eigenvalue weighted by Crippen LogP contribution is 2.62. The molecule has 3 amide bonds. The number of anilines is 1. The van der Waals surface area contributed by atoms with Crippen LogP contribution in [-0.4, -0.2) is 86.6 Å². The molecule has 1 spiro atoms. The number of benzene rings is 1. The quantitative estimate of drug-likeness (QED) is 0.370. The van der Waals surface area contributed by atoms with Gasteiger partial charge in [-0.25, -0.2) is 0 Å². The molecule has 0 aromatic heterocycles. The number of hydrogen-bond donors (Lipinski definition) is 1. The van der Waals surface area contributed by atoms with Crippen LogP contribution in [-0.2, 0) is 14.4 Å². The first-order chi connectivity index (χ1) is 21.2. The number of hydrogen-bond acceptors (Lipinski definition) is 6. The molecule has 1 N–H and O–H groups in total. The Kier molecular flexibility index (Phi) is 9.28. The molecule has 1 aromatic rings. The first-order valence-corrected chi connectivity index (χ1v) is 17.4. The van der Waals surface area contributed by atoms with Crippen molar-refractivity contribution in [2.75, 3.05) is 31.2 Å². The fourth-order valence-corrected chi connectivity index (χ4v) is 10.3. The minimum atomic E-state index is -0.932. The van der Waals surface area contributed by atoms with Gasteiger partial charge in [-0.15, -0.1) is 11.8 Å². The van der Waals surface area contributed by atoms with Gasteiger partial charge < -0.3 is 24.5 Å². The molecule has 1 aromatic carbocycles. The van der Waals surface area contributed by atoms with E-state index in [1.165, 1.54) is 0 Å². The zero-order valence-electron chi connectivity index (χ0n) is 28.2. The van der Waals surface area contributed by atoms with Crippen LogP contribution in [0.4, 0.5) is 5.69 Å². The third kappa shape index (κ3) is 5.84. The molecule has 5 rings (SSSR count). The summed E-state index contributed by atoms with van der Waals surface area (Å²) < 4.78 is 4.69. The maximum atomic E-state index is 15.0. The van der Waals surface area contributed by atoms with Gasteiger partial charge in [0, 0.05) is 29.6 Å². The van der Waals surface area contributed by atoms with Gasteiger partial charge in [0.25, 0.3) is 0 Å². The lowest BCUT2D eigenvalue weighted by Gasteiger charge is -2.46. The van der Waals surface area contributed by atoms with Crippen molar-refractivity contribution in [1.29, 1.82) is 0 Å². The highest BCUT2D eigenvalue weighted by Gasteiger charge is 2.72. The van der Waals surface area contributed by atoms with E-state index in [1.807, 2.05) is 62.1 Å². The van der Waals surface area contributed by atoms with Gasteiger partial charge in [0.15, 0.2) is 0 Å². The maximum Gasteiger partial charge on any atom is 0.247 e. The second-order valence-corrected chi connectivity index (χ2v) is 16.4.